The SMILES string of the molecule is N#Cc1ccc(C(=O)C(=O)c2ccc(-c3c4ccc(=O)cc-4oc4cc(O)ccc34)c(OC=O)c2)cc1. The maximum absolute atomic E-state index is 13.0. The molecule has 0 unspecified atom stereocenters. The predicted octanol–water partition coefficient (Wildman–Crippen LogP) is 4.74. The number of nitrogens with zero attached hydrogens (tertiary/aromatic N) is 1. The van der Waals surface area contributed by atoms with Gasteiger partial charge in [-0.25, -0.2) is 0 Å². The summed E-state index contributed by atoms with van der Waals surface area (Å²) in [6, 6.07) is 20.6. The molecule has 1 aliphatic carbocycles. The second-order valence-electron chi connectivity index (χ2n) is 8.09. The van der Waals surface area contributed by atoms with Crippen LogP contribution in [0.1, 0.15) is 26.3 Å². The largest absolute Gasteiger partial charge is 0.508 e. The number of fused-ring (bicyclic) bond motifs is 2. The number of rotatable bonds is 6. The summed E-state index contributed by atoms with van der Waals surface area (Å²) in [5.74, 6) is -1.42. The van der Waals surface area contributed by atoms with Crippen molar-refractivity contribution in [3.05, 3.63) is 106 Å². The zero-order valence-corrected chi connectivity index (χ0v) is 18.9. The number of carbonyl (C=O) groups excluding carboxylic acids is 3. The summed E-state index contributed by atoms with van der Waals surface area (Å²) < 4.78 is 11.1. The number of hydrogen-bond acceptors (Lipinski definition) is 8. The number of Topliss-reactive ketones (excluding diaryl/α,β-unsaturated/α-hetero) is 2. The molecule has 0 radical (unpaired) electrons. The number of phenols is 1. The fourth-order valence-electron chi connectivity index (χ4n) is 4.13. The molecular formula is C29H15NO7. The maximum Gasteiger partial charge on any atom is 0.298 e. The summed E-state index contributed by atoms with van der Waals surface area (Å²) in [7, 11) is 0. The van der Waals surface area contributed by atoms with E-state index >= 15 is 0 Å². The van der Waals surface area contributed by atoms with E-state index in [-0.39, 0.29) is 45.9 Å². The van der Waals surface area contributed by atoms with Gasteiger partial charge in [0.05, 0.1) is 11.6 Å². The second kappa shape index (κ2) is 9.24. The molecule has 3 aromatic rings. The lowest BCUT2D eigenvalue weighted by molar-refractivity contribution is -0.120. The molecule has 0 atom stereocenters. The summed E-state index contributed by atoms with van der Waals surface area (Å²) in [6.45, 7) is 0.203. The molecule has 1 heterocycles. The minimum atomic E-state index is -0.828. The van der Waals surface area contributed by atoms with Gasteiger partial charge in [0.1, 0.15) is 22.8 Å². The van der Waals surface area contributed by atoms with Crippen LogP contribution in [-0.4, -0.2) is 23.1 Å². The molecule has 8 heteroatoms. The third-order valence-electron chi connectivity index (χ3n) is 5.85. The van der Waals surface area contributed by atoms with Crippen molar-refractivity contribution in [2.45, 2.75) is 0 Å². The molecule has 37 heavy (non-hydrogen) atoms. The molecule has 5 rings (SSSR count). The van der Waals surface area contributed by atoms with Gasteiger partial charge in [0, 0.05) is 45.3 Å². The van der Waals surface area contributed by atoms with Crippen molar-refractivity contribution in [2.75, 3.05) is 0 Å². The number of ketones is 2. The molecule has 0 aromatic heterocycles. The first-order valence-corrected chi connectivity index (χ1v) is 10.9. The van der Waals surface area contributed by atoms with Crippen LogP contribution in [0.4, 0.5) is 0 Å². The van der Waals surface area contributed by atoms with Gasteiger partial charge in [-0.15, -0.1) is 0 Å². The van der Waals surface area contributed by atoms with Gasteiger partial charge in [-0.2, -0.15) is 5.26 Å². The van der Waals surface area contributed by atoms with Crippen molar-refractivity contribution < 1.29 is 28.6 Å². The van der Waals surface area contributed by atoms with Crippen LogP contribution in [0.2, 0.25) is 0 Å². The Morgan fingerprint density at radius 2 is 1.57 bits per heavy atom. The highest BCUT2D eigenvalue weighted by atomic mass is 16.5. The first kappa shape index (κ1) is 23.2. The zero-order valence-electron chi connectivity index (χ0n) is 18.9. The standard InChI is InChI=1S/C29H15NO7/c30-14-16-1-3-17(4-2-16)28(34)29(35)18-5-8-21(24(11-18)36-15-31)27-22-9-6-19(32)12-25(22)37-26-13-20(33)7-10-23(26)27/h1-13,15,32H. The lowest BCUT2D eigenvalue weighted by Crippen LogP contribution is -2.14. The summed E-state index contributed by atoms with van der Waals surface area (Å²) in [5, 5.41) is 19.4. The van der Waals surface area contributed by atoms with Crippen molar-refractivity contribution in [3.63, 3.8) is 0 Å². The van der Waals surface area contributed by atoms with Gasteiger partial charge in [0.15, 0.2) is 5.43 Å². The fourth-order valence-corrected chi connectivity index (χ4v) is 4.13. The van der Waals surface area contributed by atoms with E-state index in [0.29, 0.717) is 27.6 Å². The monoisotopic (exact) mass is 489 g/mol. The van der Waals surface area contributed by atoms with Crippen LogP contribution < -0.4 is 10.2 Å². The molecule has 8 nitrogen and oxygen atoms in total. The molecular weight excluding hydrogens is 474 g/mol. The molecule has 2 aliphatic rings. The quantitative estimate of drug-likeness (QED) is 0.156. The Morgan fingerprint density at radius 1 is 0.865 bits per heavy atom. The Bertz CT molecular complexity index is 1790. The molecule has 178 valence electrons. The number of phenolic OH excluding ortho intramolecular Hbond substituents is 1. The van der Waals surface area contributed by atoms with Crippen LogP contribution in [0.25, 0.3) is 33.4 Å². The van der Waals surface area contributed by atoms with Gasteiger partial charge in [0.2, 0.25) is 11.6 Å². The predicted molar refractivity (Wildman–Crippen MR) is 133 cm³/mol. The minimum Gasteiger partial charge on any atom is -0.508 e. The molecule has 1 aliphatic heterocycles. The molecule has 0 fully saturated rings. The van der Waals surface area contributed by atoms with E-state index in [2.05, 4.69) is 0 Å². The highest BCUT2D eigenvalue weighted by molar-refractivity contribution is 6.49. The van der Waals surface area contributed by atoms with E-state index < -0.39 is 11.6 Å². The van der Waals surface area contributed by atoms with Gasteiger partial charge in [-0.1, -0.05) is 6.07 Å². The van der Waals surface area contributed by atoms with Crippen molar-refractivity contribution in [3.8, 4) is 40.0 Å². The van der Waals surface area contributed by atoms with Crippen LogP contribution >= 0.6 is 0 Å². The maximum atomic E-state index is 13.0. The third-order valence-corrected chi connectivity index (χ3v) is 5.85. The number of aromatic hydroxyl groups is 1. The third kappa shape index (κ3) is 4.22. The molecule has 1 N–H and O–H groups in total. The lowest BCUT2D eigenvalue weighted by Gasteiger charge is -2.17. The average molecular weight is 489 g/mol. The van der Waals surface area contributed by atoms with Crippen LogP contribution in [0.15, 0.2) is 88.1 Å². The Hall–Kier alpha value is -5.55. The van der Waals surface area contributed by atoms with Crippen molar-refractivity contribution >= 4 is 29.0 Å². The van der Waals surface area contributed by atoms with Crippen LogP contribution in [0.3, 0.4) is 0 Å². The average Bonchev–Trinajstić information content (AvgIpc) is 2.91. The molecule has 0 saturated heterocycles. The Kier molecular flexibility index (Phi) is 5.80. The summed E-state index contributed by atoms with van der Waals surface area (Å²) in [5.41, 5.74) is 1.90. The molecule has 0 bridgehead atoms. The van der Waals surface area contributed by atoms with E-state index in [1.54, 1.807) is 12.1 Å². The van der Waals surface area contributed by atoms with Gasteiger partial charge in [0.25, 0.3) is 6.47 Å². The normalized spacial score (nSPS) is 10.7. The van der Waals surface area contributed by atoms with Crippen LogP contribution in [0, 0.1) is 11.3 Å². The molecule has 3 aromatic carbocycles. The topological polar surface area (TPSA) is 135 Å². The number of carbonyl (C=O) groups is 3. The summed E-state index contributed by atoms with van der Waals surface area (Å²) in [4.78, 5) is 49.1. The van der Waals surface area contributed by atoms with E-state index in [1.807, 2.05) is 6.07 Å². The first-order valence-electron chi connectivity index (χ1n) is 10.9. The van der Waals surface area contributed by atoms with Crippen molar-refractivity contribution in [2.24, 2.45) is 0 Å². The van der Waals surface area contributed by atoms with E-state index in [4.69, 9.17) is 14.4 Å². The number of ether oxygens (including phenoxy) is 1. The molecule has 0 spiro atoms. The number of benzene rings is 4. The Labute approximate surface area is 208 Å². The summed E-state index contributed by atoms with van der Waals surface area (Å²) in [6.07, 6.45) is 0. The molecule has 0 amide bonds. The fraction of sp³-hybridized carbons (Fsp3) is 0. The zero-order chi connectivity index (χ0) is 26.1. The molecule has 0 saturated carbocycles. The lowest BCUT2D eigenvalue weighted by atomic mass is 9.91. The highest BCUT2D eigenvalue weighted by Crippen LogP contribution is 2.44. The minimum absolute atomic E-state index is 0.00144. The first-order chi connectivity index (χ1) is 17.9. The van der Waals surface area contributed by atoms with Crippen molar-refractivity contribution in [1.29, 1.82) is 5.26 Å². The highest BCUT2D eigenvalue weighted by Gasteiger charge is 2.24. The van der Waals surface area contributed by atoms with Gasteiger partial charge < -0.3 is 14.3 Å². The van der Waals surface area contributed by atoms with Crippen LogP contribution in [0.5, 0.6) is 11.5 Å². The van der Waals surface area contributed by atoms with E-state index in [9.17, 15) is 24.3 Å². The Balaban J connectivity index is 1.67. The second-order valence-corrected chi connectivity index (χ2v) is 8.09. The van der Waals surface area contributed by atoms with E-state index in [1.165, 1.54) is 66.7 Å². The van der Waals surface area contributed by atoms with E-state index in [0.717, 1.165) is 0 Å². The van der Waals surface area contributed by atoms with Crippen LogP contribution in [-0.2, 0) is 4.79 Å². The summed E-state index contributed by atoms with van der Waals surface area (Å²) >= 11 is 0. The van der Waals surface area contributed by atoms with Gasteiger partial charge in [-0.3, -0.25) is 19.2 Å². The Morgan fingerprint density at radius 3 is 2.30 bits per heavy atom. The smallest absolute Gasteiger partial charge is 0.298 e. The number of nitriles is 1. The van der Waals surface area contributed by atoms with Gasteiger partial charge in [-0.05, 0) is 60.7 Å². The number of hydrogen-bond donors (Lipinski definition) is 1. The van der Waals surface area contributed by atoms with Crippen molar-refractivity contribution in [1.82, 2.24) is 0 Å². The van der Waals surface area contributed by atoms with Gasteiger partial charge >= 0.3 is 0 Å².